The first kappa shape index (κ1) is 28.4. The third-order valence-electron chi connectivity index (χ3n) is 4.92. The number of benzene rings is 1. The lowest BCUT2D eigenvalue weighted by Gasteiger charge is -2.26. The molecule has 1 aromatic carbocycles. The van der Waals surface area contributed by atoms with E-state index in [1.807, 2.05) is 12.3 Å². The van der Waals surface area contributed by atoms with Gasteiger partial charge in [0.25, 0.3) is 0 Å². The summed E-state index contributed by atoms with van der Waals surface area (Å²) in [6.45, 7) is 2.76. The van der Waals surface area contributed by atoms with Gasteiger partial charge in [0.1, 0.15) is 24.2 Å². The first-order valence-electron chi connectivity index (χ1n) is 10.6. The number of amides is 3. The molecule has 4 atom stereocenters. The number of nitrogens with one attached hydrogen (secondary N) is 3. The van der Waals surface area contributed by atoms with E-state index in [9.17, 15) is 24.3 Å². The van der Waals surface area contributed by atoms with Gasteiger partial charge in [-0.25, -0.2) is 4.79 Å². The zero-order valence-corrected chi connectivity index (χ0v) is 19.9. The predicted molar refractivity (Wildman–Crippen MR) is 126 cm³/mol. The molecule has 33 heavy (non-hydrogen) atoms. The minimum atomic E-state index is -1.18. The Morgan fingerprint density at radius 1 is 0.970 bits per heavy atom. The number of thioether (sulfide) groups is 1. The van der Waals surface area contributed by atoms with E-state index in [0.717, 1.165) is 5.56 Å². The Kier molecular flexibility index (Phi) is 12.5. The third kappa shape index (κ3) is 9.80. The van der Waals surface area contributed by atoms with Crippen LogP contribution < -0.4 is 21.7 Å². The molecule has 1 rings (SSSR count). The van der Waals surface area contributed by atoms with Gasteiger partial charge < -0.3 is 31.9 Å². The lowest BCUT2D eigenvalue weighted by molar-refractivity contribution is -0.143. The molecule has 184 valence electrons. The van der Waals surface area contributed by atoms with E-state index in [2.05, 4.69) is 16.0 Å². The molecule has 4 unspecified atom stereocenters. The van der Waals surface area contributed by atoms with Crippen molar-refractivity contribution in [2.75, 3.05) is 18.6 Å². The Labute approximate surface area is 198 Å². The fraction of sp³-hybridized carbons (Fsp3) is 0.545. The standard InChI is InChI=1S/C22H34N4O6S/c1-13(2)18(22(31)32)26-21(30)17(11-14-7-5-4-6-8-14)25-20(29)16(9-10-33-3)24-19(28)15(23)12-27/h4-8,13,15-18,27H,9-12,23H2,1-3H3,(H,24,28)(H,25,29)(H,26,30)(H,31,32). The molecule has 0 saturated carbocycles. The Balaban J connectivity index is 3.08. The number of hydrogen-bond acceptors (Lipinski definition) is 7. The summed E-state index contributed by atoms with van der Waals surface area (Å²) in [5.41, 5.74) is 6.30. The zero-order valence-electron chi connectivity index (χ0n) is 19.1. The predicted octanol–water partition coefficient (Wildman–Crippen LogP) is -0.503. The van der Waals surface area contributed by atoms with Gasteiger partial charge in [0.05, 0.1) is 6.61 Å². The lowest BCUT2D eigenvalue weighted by Crippen LogP contribution is -2.58. The number of rotatable bonds is 14. The van der Waals surface area contributed by atoms with Crippen LogP contribution >= 0.6 is 11.8 Å². The van der Waals surface area contributed by atoms with Crippen molar-refractivity contribution in [3.8, 4) is 0 Å². The van der Waals surface area contributed by atoms with Crippen LogP contribution in [0.25, 0.3) is 0 Å². The topological polar surface area (TPSA) is 171 Å². The minimum Gasteiger partial charge on any atom is -0.480 e. The normalized spacial score (nSPS) is 14.6. The van der Waals surface area contributed by atoms with E-state index in [1.165, 1.54) is 11.8 Å². The average Bonchev–Trinajstić information content (AvgIpc) is 2.78. The fourth-order valence-electron chi connectivity index (χ4n) is 2.96. The molecule has 0 saturated heterocycles. The van der Waals surface area contributed by atoms with Crippen molar-refractivity contribution in [3.05, 3.63) is 35.9 Å². The number of carboxylic acids is 1. The molecule has 0 heterocycles. The molecule has 7 N–H and O–H groups in total. The van der Waals surface area contributed by atoms with Crippen molar-refractivity contribution in [3.63, 3.8) is 0 Å². The smallest absolute Gasteiger partial charge is 0.326 e. The molecule has 0 spiro atoms. The van der Waals surface area contributed by atoms with Gasteiger partial charge in [-0.3, -0.25) is 14.4 Å². The molecule has 11 heteroatoms. The number of hydrogen-bond donors (Lipinski definition) is 6. The zero-order chi connectivity index (χ0) is 25.0. The minimum absolute atomic E-state index is 0.127. The molecule has 0 aliphatic carbocycles. The second-order valence-corrected chi connectivity index (χ2v) is 8.94. The van der Waals surface area contributed by atoms with Gasteiger partial charge in [-0.1, -0.05) is 44.2 Å². The van der Waals surface area contributed by atoms with Crippen LogP contribution in [-0.2, 0) is 25.6 Å². The van der Waals surface area contributed by atoms with Crippen LogP contribution in [0.5, 0.6) is 0 Å². The van der Waals surface area contributed by atoms with E-state index in [1.54, 1.807) is 38.1 Å². The number of aliphatic hydroxyl groups is 1. The molecule has 0 aromatic heterocycles. The molecule has 0 radical (unpaired) electrons. The first-order valence-corrected chi connectivity index (χ1v) is 12.0. The summed E-state index contributed by atoms with van der Waals surface area (Å²) in [6.07, 6.45) is 2.25. The van der Waals surface area contributed by atoms with Crippen molar-refractivity contribution in [1.29, 1.82) is 0 Å². The maximum atomic E-state index is 13.0. The number of carboxylic acid groups (broad SMARTS) is 1. The molecule has 0 aliphatic rings. The summed E-state index contributed by atoms with van der Waals surface area (Å²) in [6, 6.07) is 4.62. The number of aliphatic hydroxyl groups excluding tert-OH is 1. The van der Waals surface area contributed by atoms with Crippen molar-refractivity contribution in [1.82, 2.24) is 16.0 Å². The summed E-state index contributed by atoms with van der Waals surface area (Å²) in [7, 11) is 0. The van der Waals surface area contributed by atoms with Gasteiger partial charge in [0, 0.05) is 6.42 Å². The SMILES string of the molecule is CSCCC(NC(=O)C(N)CO)C(=O)NC(Cc1ccccc1)C(=O)NC(C(=O)O)C(C)C. The van der Waals surface area contributed by atoms with Crippen LogP contribution in [0.1, 0.15) is 25.8 Å². The van der Waals surface area contributed by atoms with Crippen LogP contribution in [0.15, 0.2) is 30.3 Å². The van der Waals surface area contributed by atoms with Crippen LogP contribution in [0.2, 0.25) is 0 Å². The molecule has 1 aromatic rings. The fourth-order valence-corrected chi connectivity index (χ4v) is 3.44. The largest absolute Gasteiger partial charge is 0.480 e. The van der Waals surface area contributed by atoms with E-state index < -0.39 is 54.5 Å². The molecular weight excluding hydrogens is 448 g/mol. The summed E-state index contributed by atoms with van der Waals surface area (Å²) in [5.74, 6) is -2.92. The first-order chi connectivity index (χ1) is 15.6. The van der Waals surface area contributed by atoms with Crippen molar-refractivity contribution >= 4 is 35.5 Å². The number of carbonyl (C=O) groups excluding carboxylic acids is 3. The Bertz CT molecular complexity index is 792. The second-order valence-electron chi connectivity index (χ2n) is 7.95. The van der Waals surface area contributed by atoms with Gasteiger partial charge >= 0.3 is 5.97 Å². The van der Waals surface area contributed by atoms with Crippen LogP contribution in [0.3, 0.4) is 0 Å². The highest BCUT2D eigenvalue weighted by Crippen LogP contribution is 2.08. The van der Waals surface area contributed by atoms with E-state index in [-0.39, 0.29) is 18.8 Å². The summed E-state index contributed by atoms with van der Waals surface area (Å²) >= 11 is 1.47. The number of carbonyl (C=O) groups is 4. The van der Waals surface area contributed by atoms with E-state index >= 15 is 0 Å². The Morgan fingerprint density at radius 2 is 1.55 bits per heavy atom. The maximum Gasteiger partial charge on any atom is 0.326 e. The van der Waals surface area contributed by atoms with Gasteiger partial charge in [0.2, 0.25) is 17.7 Å². The Morgan fingerprint density at radius 3 is 2.06 bits per heavy atom. The van der Waals surface area contributed by atoms with Gasteiger partial charge in [-0.15, -0.1) is 0 Å². The number of aliphatic carboxylic acids is 1. The highest BCUT2D eigenvalue weighted by molar-refractivity contribution is 7.98. The quantitative estimate of drug-likeness (QED) is 0.206. The highest BCUT2D eigenvalue weighted by atomic mass is 32.2. The summed E-state index contributed by atoms with van der Waals surface area (Å²) in [4.78, 5) is 49.7. The molecule has 10 nitrogen and oxygen atoms in total. The third-order valence-corrected chi connectivity index (χ3v) is 5.57. The summed E-state index contributed by atoms with van der Waals surface area (Å²) in [5, 5.41) is 26.2. The van der Waals surface area contributed by atoms with Crippen LogP contribution in [0.4, 0.5) is 0 Å². The molecule has 0 aliphatic heterocycles. The average molecular weight is 483 g/mol. The molecule has 3 amide bonds. The maximum absolute atomic E-state index is 13.0. The second kappa shape index (κ2) is 14.5. The number of nitrogens with two attached hydrogens (primary N) is 1. The van der Waals surface area contributed by atoms with Gasteiger partial charge in [-0.2, -0.15) is 11.8 Å². The van der Waals surface area contributed by atoms with Crippen LogP contribution in [-0.4, -0.2) is 76.7 Å². The summed E-state index contributed by atoms with van der Waals surface area (Å²) < 4.78 is 0. The molecule has 0 bridgehead atoms. The lowest BCUT2D eigenvalue weighted by atomic mass is 10.0. The van der Waals surface area contributed by atoms with Crippen molar-refractivity contribution < 1.29 is 29.4 Å². The van der Waals surface area contributed by atoms with E-state index in [4.69, 9.17) is 10.8 Å². The van der Waals surface area contributed by atoms with Crippen molar-refractivity contribution in [2.45, 2.75) is 50.9 Å². The highest BCUT2D eigenvalue weighted by Gasteiger charge is 2.31. The van der Waals surface area contributed by atoms with Crippen molar-refractivity contribution in [2.24, 2.45) is 11.7 Å². The molecular formula is C22H34N4O6S. The van der Waals surface area contributed by atoms with E-state index in [0.29, 0.717) is 5.75 Å². The molecule has 0 fully saturated rings. The van der Waals surface area contributed by atoms with Gasteiger partial charge in [-0.05, 0) is 29.9 Å². The van der Waals surface area contributed by atoms with Crippen LogP contribution in [0, 0.1) is 5.92 Å². The van der Waals surface area contributed by atoms with Gasteiger partial charge in [0.15, 0.2) is 0 Å². The Hall–Kier alpha value is -2.63. The monoisotopic (exact) mass is 482 g/mol.